The summed E-state index contributed by atoms with van der Waals surface area (Å²) in [4.78, 5) is 0. The van der Waals surface area contributed by atoms with Crippen LogP contribution in [0.25, 0.3) is 0 Å². The molecule has 0 aliphatic carbocycles. The molecule has 1 atom stereocenters. The molecule has 0 aromatic heterocycles. The molecular formula is C17H18FNO2. The molecule has 0 amide bonds. The van der Waals surface area contributed by atoms with Crippen molar-refractivity contribution in [2.24, 2.45) is 0 Å². The topological polar surface area (TPSA) is 30.5 Å². The summed E-state index contributed by atoms with van der Waals surface area (Å²) in [6, 6.07) is 10.8. The fourth-order valence-electron chi connectivity index (χ4n) is 2.70. The van der Waals surface area contributed by atoms with Gasteiger partial charge in [0.25, 0.3) is 0 Å². The maximum atomic E-state index is 13.6. The first kappa shape index (κ1) is 13.9. The third-order valence-electron chi connectivity index (χ3n) is 3.59. The van der Waals surface area contributed by atoms with E-state index in [-0.39, 0.29) is 11.9 Å². The molecule has 0 fully saturated rings. The van der Waals surface area contributed by atoms with Crippen LogP contribution in [0, 0.1) is 12.7 Å². The Morgan fingerprint density at radius 1 is 1.00 bits per heavy atom. The van der Waals surface area contributed by atoms with E-state index < -0.39 is 0 Å². The van der Waals surface area contributed by atoms with Gasteiger partial charge in [0.2, 0.25) is 0 Å². The van der Waals surface area contributed by atoms with Gasteiger partial charge in [-0.3, -0.25) is 0 Å². The summed E-state index contributed by atoms with van der Waals surface area (Å²) in [5.41, 5.74) is 2.82. The number of fused-ring (bicyclic) bond motifs is 1. The number of benzene rings is 2. The molecule has 3 rings (SSSR count). The summed E-state index contributed by atoms with van der Waals surface area (Å²) >= 11 is 0. The van der Waals surface area contributed by atoms with Gasteiger partial charge in [-0.1, -0.05) is 12.1 Å². The summed E-state index contributed by atoms with van der Waals surface area (Å²) in [6.07, 6.45) is 0. The first-order valence-electron chi connectivity index (χ1n) is 7.01. The molecule has 0 bridgehead atoms. The van der Waals surface area contributed by atoms with Crippen molar-refractivity contribution in [2.45, 2.75) is 13.0 Å². The summed E-state index contributed by atoms with van der Waals surface area (Å²) in [5, 5.41) is 3.23. The van der Waals surface area contributed by atoms with Gasteiger partial charge in [0.05, 0.1) is 6.04 Å². The predicted octanol–water partition coefficient (Wildman–Crippen LogP) is 3.21. The van der Waals surface area contributed by atoms with Crippen molar-refractivity contribution in [3.8, 4) is 11.5 Å². The van der Waals surface area contributed by atoms with Gasteiger partial charge in [-0.2, -0.15) is 0 Å². The van der Waals surface area contributed by atoms with Gasteiger partial charge in [0.1, 0.15) is 19.0 Å². The van der Waals surface area contributed by atoms with Crippen LogP contribution in [0.2, 0.25) is 0 Å². The average molecular weight is 287 g/mol. The van der Waals surface area contributed by atoms with Crippen LogP contribution in [0.3, 0.4) is 0 Å². The van der Waals surface area contributed by atoms with Gasteiger partial charge in [-0.25, -0.2) is 4.39 Å². The molecule has 1 aliphatic rings. The molecular weight excluding hydrogens is 269 g/mol. The molecule has 0 saturated carbocycles. The van der Waals surface area contributed by atoms with E-state index in [1.165, 1.54) is 6.07 Å². The van der Waals surface area contributed by atoms with E-state index in [1.807, 2.05) is 38.2 Å². The van der Waals surface area contributed by atoms with Gasteiger partial charge in [-0.15, -0.1) is 0 Å². The van der Waals surface area contributed by atoms with Crippen LogP contribution in [0.4, 0.5) is 4.39 Å². The maximum absolute atomic E-state index is 13.6. The summed E-state index contributed by atoms with van der Waals surface area (Å²) in [5.74, 6) is 1.28. The van der Waals surface area contributed by atoms with E-state index >= 15 is 0 Å². The number of nitrogens with one attached hydrogen (secondary N) is 1. The second kappa shape index (κ2) is 5.74. The highest BCUT2D eigenvalue weighted by atomic mass is 19.1. The number of rotatable bonds is 3. The lowest BCUT2D eigenvalue weighted by molar-refractivity contribution is 0.171. The highest BCUT2D eigenvalue weighted by Crippen LogP contribution is 2.34. The van der Waals surface area contributed by atoms with Crippen molar-refractivity contribution in [3.63, 3.8) is 0 Å². The Labute approximate surface area is 123 Å². The van der Waals surface area contributed by atoms with E-state index in [1.54, 1.807) is 6.07 Å². The highest BCUT2D eigenvalue weighted by molar-refractivity contribution is 5.46. The monoisotopic (exact) mass is 287 g/mol. The molecule has 1 unspecified atom stereocenters. The van der Waals surface area contributed by atoms with Gasteiger partial charge in [0, 0.05) is 0 Å². The molecule has 2 aromatic carbocycles. The zero-order valence-corrected chi connectivity index (χ0v) is 12.2. The SMILES string of the molecule is CNC(c1cc(C)cc(F)c1)c1ccc2c(c1)OCCO2. The summed E-state index contributed by atoms with van der Waals surface area (Å²) in [6.45, 7) is 3.02. The molecule has 110 valence electrons. The van der Waals surface area contributed by atoms with E-state index in [4.69, 9.17) is 9.47 Å². The van der Waals surface area contributed by atoms with Crippen molar-refractivity contribution < 1.29 is 13.9 Å². The van der Waals surface area contributed by atoms with Crippen LogP contribution in [0.1, 0.15) is 22.7 Å². The highest BCUT2D eigenvalue weighted by Gasteiger charge is 2.18. The Bertz CT molecular complexity index is 637. The van der Waals surface area contributed by atoms with Crippen molar-refractivity contribution >= 4 is 0 Å². The largest absolute Gasteiger partial charge is 0.486 e. The maximum Gasteiger partial charge on any atom is 0.161 e. The minimum Gasteiger partial charge on any atom is -0.486 e. The van der Waals surface area contributed by atoms with Crippen molar-refractivity contribution in [1.82, 2.24) is 5.32 Å². The average Bonchev–Trinajstić information content (AvgIpc) is 2.47. The zero-order chi connectivity index (χ0) is 14.8. The second-order valence-electron chi connectivity index (χ2n) is 5.19. The first-order chi connectivity index (χ1) is 10.2. The van der Waals surface area contributed by atoms with Crippen LogP contribution in [-0.2, 0) is 0 Å². The van der Waals surface area contributed by atoms with Crippen molar-refractivity contribution in [3.05, 3.63) is 58.9 Å². The normalized spacial score (nSPS) is 14.8. The lowest BCUT2D eigenvalue weighted by atomic mass is 9.97. The lowest BCUT2D eigenvalue weighted by Gasteiger charge is -2.22. The van der Waals surface area contributed by atoms with Crippen LogP contribution < -0.4 is 14.8 Å². The van der Waals surface area contributed by atoms with E-state index in [2.05, 4.69) is 5.32 Å². The van der Waals surface area contributed by atoms with E-state index in [0.29, 0.717) is 13.2 Å². The summed E-state index contributed by atoms with van der Waals surface area (Å²) < 4.78 is 24.8. The molecule has 0 saturated heterocycles. The van der Waals surface area contributed by atoms with Crippen LogP contribution >= 0.6 is 0 Å². The second-order valence-corrected chi connectivity index (χ2v) is 5.19. The Morgan fingerprint density at radius 3 is 2.48 bits per heavy atom. The molecule has 3 nitrogen and oxygen atoms in total. The van der Waals surface area contributed by atoms with E-state index in [9.17, 15) is 4.39 Å². The van der Waals surface area contributed by atoms with Crippen LogP contribution in [0.5, 0.6) is 11.5 Å². The number of aryl methyl sites for hydroxylation is 1. The number of halogens is 1. The quantitative estimate of drug-likeness (QED) is 0.940. The molecule has 1 aliphatic heterocycles. The third-order valence-corrected chi connectivity index (χ3v) is 3.59. The Balaban J connectivity index is 1.99. The van der Waals surface area contributed by atoms with Crippen LogP contribution in [-0.4, -0.2) is 20.3 Å². The smallest absolute Gasteiger partial charge is 0.161 e. The molecule has 21 heavy (non-hydrogen) atoms. The third kappa shape index (κ3) is 2.85. The lowest BCUT2D eigenvalue weighted by Crippen LogP contribution is -2.19. The Hall–Kier alpha value is -2.07. The molecule has 2 aromatic rings. The Kier molecular flexibility index (Phi) is 3.80. The molecule has 0 radical (unpaired) electrons. The standard InChI is InChI=1S/C17H18FNO2/c1-11-7-13(9-14(18)8-11)17(19-2)12-3-4-15-16(10-12)21-6-5-20-15/h3-4,7-10,17,19H,5-6H2,1-2H3. The molecule has 1 N–H and O–H groups in total. The molecule has 1 heterocycles. The number of ether oxygens (including phenoxy) is 2. The fourth-order valence-corrected chi connectivity index (χ4v) is 2.70. The molecule has 0 spiro atoms. The van der Waals surface area contributed by atoms with E-state index in [0.717, 1.165) is 28.2 Å². The predicted molar refractivity (Wildman–Crippen MR) is 79.5 cm³/mol. The first-order valence-corrected chi connectivity index (χ1v) is 7.01. The number of hydrogen-bond acceptors (Lipinski definition) is 3. The van der Waals surface area contributed by atoms with Crippen LogP contribution in [0.15, 0.2) is 36.4 Å². The van der Waals surface area contributed by atoms with Gasteiger partial charge in [-0.05, 0) is 54.9 Å². The number of hydrogen-bond donors (Lipinski definition) is 1. The van der Waals surface area contributed by atoms with Gasteiger partial charge < -0.3 is 14.8 Å². The molecule has 4 heteroatoms. The minimum atomic E-state index is -0.220. The Morgan fingerprint density at radius 2 is 1.76 bits per heavy atom. The minimum absolute atomic E-state index is 0.0878. The fraction of sp³-hybridized carbons (Fsp3) is 0.294. The van der Waals surface area contributed by atoms with Crippen molar-refractivity contribution in [1.29, 1.82) is 0 Å². The summed E-state index contributed by atoms with van der Waals surface area (Å²) in [7, 11) is 1.86. The van der Waals surface area contributed by atoms with Gasteiger partial charge in [0.15, 0.2) is 11.5 Å². The van der Waals surface area contributed by atoms with Crippen molar-refractivity contribution in [2.75, 3.05) is 20.3 Å². The van der Waals surface area contributed by atoms with Gasteiger partial charge >= 0.3 is 0 Å². The zero-order valence-electron chi connectivity index (χ0n) is 12.2.